The zero-order valence-corrected chi connectivity index (χ0v) is 10.1. The van der Waals surface area contributed by atoms with Gasteiger partial charge in [0.25, 0.3) is 0 Å². The average Bonchev–Trinajstić information content (AvgIpc) is 2.70. The second kappa shape index (κ2) is 4.60. The van der Waals surface area contributed by atoms with Crippen molar-refractivity contribution in [2.75, 3.05) is 13.1 Å². The Balaban J connectivity index is 2.08. The predicted octanol–water partition coefficient (Wildman–Crippen LogP) is 2.36. The van der Waals surface area contributed by atoms with E-state index >= 15 is 0 Å². The molecule has 0 spiro atoms. The summed E-state index contributed by atoms with van der Waals surface area (Å²) in [5.41, 5.74) is 0.245. The Bertz CT molecular complexity index is 321. The van der Waals surface area contributed by atoms with Gasteiger partial charge in [-0.3, -0.25) is 0 Å². The minimum Gasteiger partial charge on any atom is -0.472 e. The van der Waals surface area contributed by atoms with E-state index in [9.17, 15) is 5.11 Å². The van der Waals surface area contributed by atoms with Crippen molar-refractivity contribution in [2.24, 2.45) is 0 Å². The molecule has 1 unspecified atom stereocenters. The molecule has 1 aromatic rings. The molecule has 0 aliphatic carbocycles. The predicted molar refractivity (Wildman–Crippen MR) is 63.2 cm³/mol. The number of likely N-dealkylation sites (tertiary alicyclic amines) is 1. The summed E-state index contributed by atoms with van der Waals surface area (Å²) in [6.07, 6.45) is 5.98. The molecule has 0 bridgehead atoms. The van der Waals surface area contributed by atoms with Gasteiger partial charge in [-0.1, -0.05) is 0 Å². The molecule has 2 heterocycles. The van der Waals surface area contributed by atoms with Crippen molar-refractivity contribution >= 4 is 0 Å². The van der Waals surface area contributed by atoms with Crippen LogP contribution in [0.3, 0.4) is 0 Å². The van der Waals surface area contributed by atoms with Crippen LogP contribution in [0.2, 0.25) is 0 Å². The molecule has 0 radical (unpaired) electrons. The number of furan rings is 1. The molecule has 90 valence electrons. The third-order valence-electron chi connectivity index (χ3n) is 3.64. The van der Waals surface area contributed by atoms with E-state index in [-0.39, 0.29) is 0 Å². The average molecular weight is 223 g/mol. The van der Waals surface area contributed by atoms with Crippen molar-refractivity contribution in [3.63, 3.8) is 0 Å². The molecule has 1 atom stereocenters. The molecule has 0 saturated carbocycles. The van der Waals surface area contributed by atoms with E-state index < -0.39 is 5.60 Å². The maximum Gasteiger partial charge on any atom is 0.0963 e. The summed E-state index contributed by atoms with van der Waals surface area (Å²) >= 11 is 0. The quantitative estimate of drug-likeness (QED) is 0.836. The fourth-order valence-electron chi connectivity index (χ4n) is 2.47. The Kier molecular flexibility index (Phi) is 3.36. The topological polar surface area (TPSA) is 36.6 Å². The largest absolute Gasteiger partial charge is 0.472 e. The normalized spacial score (nSPS) is 28.2. The lowest BCUT2D eigenvalue weighted by Gasteiger charge is -2.27. The van der Waals surface area contributed by atoms with Crippen LogP contribution in [0.5, 0.6) is 0 Å². The molecule has 3 nitrogen and oxygen atoms in total. The van der Waals surface area contributed by atoms with E-state index in [0.29, 0.717) is 6.04 Å². The van der Waals surface area contributed by atoms with Gasteiger partial charge in [0, 0.05) is 18.2 Å². The molecule has 16 heavy (non-hydrogen) atoms. The van der Waals surface area contributed by atoms with Crippen LogP contribution in [0.25, 0.3) is 0 Å². The van der Waals surface area contributed by atoms with Crippen LogP contribution in [-0.4, -0.2) is 29.1 Å². The molecule has 3 heteroatoms. The molecule has 1 N–H and O–H groups in total. The Morgan fingerprint density at radius 3 is 2.81 bits per heavy atom. The Morgan fingerprint density at radius 1 is 1.38 bits per heavy atom. The van der Waals surface area contributed by atoms with Gasteiger partial charge in [0.05, 0.1) is 18.1 Å². The number of hydrogen-bond donors (Lipinski definition) is 1. The monoisotopic (exact) mass is 223 g/mol. The third kappa shape index (κ3) is 2.30. The molecule has 1 fully saturated rings. The van der Waals surface area contributed by atoms with Crippen LogP contribution in [-0.2, 0) is 5.60 Å². The number of aliphatic hydroxyl groups is 1. The summed E-state index contributed by atoms with van der Waals surface area (Å²) < 4.78 is 5.07. The van der Waals surface area contributed by atoms with Gasteiger partial charge in [0.1, 0.15) is 0 Å². The summed E-state index contributed by atoms with van der Waals surface area (Å²) in [4.78, 5) is 2.43. The first-order valence-corrected chi connectivity index (χ1v) is 6.11. The molecule has 1 aliphatic rings. The van der Waals surface area contributed by atoms with Crippen molar-refractivity contribution in [1.29, 1.82) is 0 Å². The van der Waals surface area contributed by atoms with E-state index in [0.717, 1.165) is 37.9 Å². The Labute approximate surface area is 97.1 Å². The van der Waals surface area contributed by atoms with Crippen LogP contribution < -0.4 is 0 Å². The van der Waals surface area contributed by atoms with E-state index in [1.165, 1.54) is 0 Å². The van der Waals surface area contributed by atoms with E-state index in [4.69, 9.17) is 4.42 Å². The Morgan fingerprint density at radius 2 is 2.19 bits per heavy atom. The molecular weight excluding hydrogens is 202 g/mol. The van der Waals surface area contributed by atoms with Crippen LogP contribution in [0, 0.1) is 0 Å². The fraction of sp³-hybridized carbons (Fsp3) is 0.692. The maximum atomic E-state index is 10.6. The van der Waals surface area contributed by atoms with Crippen LogP contribution in [0.15, 0.2) is 23.0 Å². The summed E-state index contributed by atoms with van der Waals surface area (Å²) in [7, 11) is 0. The molecule has 1 aliphatic heterocycles. The smallest absolute Gasteiger partial charge is 0.0963 e. The van der Waals surface area contributed by atoms with Gasteiger partial charge in [0.2, 0.25) is 0 Å². The van der Waals surface area contributed by atoms with Gasteiger partial charge in [-0.15, -0.1) is 0 Å². The molecule has 0 amide bonds. The highest BCUT2D eigenvalue weighted by Crippen LogP contribution is 2.33. The zero-order valence-electron chi connectivity index (χ0n) is 10.1. The zero-order chi connectivity index (χ0) is 11.6. The lowest BCUT2D eigenvalue weighted by molar-refractivity contribution is 0.0198. The fourth-order valence-corrected chi connectivity index (χ4v) is 2.47. The van der Waals surface area contributed by atoms with Crippen LogP contribution in [0.1, 0.15) is 38.7 Å². The first-order valence-electron chi connectivity index (χ1n) is 6.11. The van der Waals surface area contributed by atoms with Gasteiger partial charge < -0.3 is 14.4 Å². The summed E-state index contributed by atoms with van der Waals surface area (Å²) in [5, 5.41) is 10.6. The maximum absolute atomic E-state index is 10.6. The first-order chi connectivity index (χ1) is 7.62. The van der Waals surface area contributed by atoms with E-state index in [2.05, 4.69) is 18.7 Å². The SMILES string of the molecule is CC(C)N1CCCC(O)(c2ccoc2)CC1. The second-order valence-electron chi connectivity index (χ2n) is 5.03. The second-order valence-corrected chi connectivity index (χ2v) is 5.03. The Hall–Kier alpha value is -0.800. The van der Waals surface area contributed by atoms with Crippen LogP contribution >= 0.6 is 0 Å². The van der Waals surface area contributed by atoms with Crippen molar-refractivity contribution in [3.8, 4) is 0 Å². The van der Waals surface area contributed by atoms with Crippen molar-refractivity contribution in [2.45, 2.75) is 44.8 Å². The van der Waals surface area contributed by atoms with Crippen molar-refractivity contribution in [3.05, 3.63) is 24.2 Å². The van der Waals surface area contributed by atoms with Crippen molar-refractivity contribution < 1.29 is 9.52 Å². The highest BCUT2D eigenvalue weighted by atomic mass is 16.3. The van der Waals surface area contributed by atoms with Crippen molar-refractivity contribution in [1.82, 2.24) is 4.90 Å². The number of rotatable bonds is 2. The first kappa shape index (κ1) is 11.7. The number of nitrogens with zero attached hydrogens (tertiary/aromatic N) is 1. The third-order valence-corrected chi connectivity index (χ3v) is 3.64. The molecule has 1 aromatic heterocycles. The highest BCUT2D eigenvalue weighted by Gasteiger charge is 2.33. The summed E-state index contributed by atoms with van der Waals surface area (Å²) in [6, 6.07) is 2.44. The molecule has 2 rings (SSSR count). The van der Waals surface area contributed by atoms with Gasteiger partial charge >= 0.3 is 0 Å². The van der Waals surface area contributed by atoms with Gasteiger partial charge in [-0.05, 0) is 45.7 Å². The molecule has 1 saturated heterocycles. The number of hydrogen-bond acceptors (Lipinski definition) is 3. The van der Waals surface area contributed by atoms with E-state index in [1.807, 2.05) is 6.07 Å². The lowest BCUT2D eigenvalue weighted by atomic mass is 9.89. The minimum atomic E-state index is -0.684. The van der Waals surface area contributed by atoms with Crippen LogP contribution in [0.4, 0.5) is 0 Å². The van der Waals surface area contributed by atoms with E-state index in [1.54, 1.807) is 12.5 Å². The molecule has 0 aromatic carbocycles. The van der Waals surface area contributed by atoms with Gasteiger partial charge in [-0.25, -0.2) is 0 Å². The summed E-state index contributed by atoms with van der Waals surface area (Å²) in [6.45, 7) is 6.46. The van der Waals surface area contributed by atoms with Gasteiger partial charge in [-0.2, -0.15) is 0 Å². The minimum absolute atomic E-state index is 0.562. The standard InChI is InChI=1S/C13H21NO2/c1-11(2)14-7-3-5-13(15,6-8-14)12-4-9-16-10-12/h4,9-11,15H,3,5-8H2,1-2H3. The summed E-state index contributed by atoms with van der Waals surface area (Å²) in [5.74, 6) is 0. The highest BCUT2D eigenvalue weighted by molar-refractivity contribution is 5.16. The lowest BCUT2D eigenvalue weighted by Crippen LogP contribution is -2.33. The molecular formula is C13H21NO2. The van der Waals surface area contributed by atoms with Gasteiger partial charge in [0.15, 0.2) is 0 Å².